The Bertz CT molecular complexity index is 307. The number of epoxide rings is 1. The third kappa shape index (κ3) is 2.26. The zero-order valence-electron chi connectivity index (χ0n) is 8.86. The first-order chi connectivity index (χ1) is 6.79. The number of rotatable bonds is 4. The highest BCUT2D eigenvalue weighted by molar-refractivity contribution is 5.48. The van der Waals surface area contributed by atoms with E-state index in [1.807, 2.05) is 0 Å². The molecule has 0 aromatic heterocycles. The van der Waals surface area contributed by atoms with E-state index in [1.54, 1.807) is 0 Å². The normalized spacial score (nSPS) is 19.4. The molecule has 2 nitrogen and oxygen atoms in total. The van der Waals surface area contributed by atoms with Crippen LogP contribution in [0, 0.1) is 6.92 Å². The van der Waals surface area contributed by atoms with Crippen LogP contribution in [0.25, 0.3) is 0 Å². The van der Waals surface area contributed by atoms with Gasteiger partial charge >= 0.3 is 0 Å². The molecule has 1 aromatic carbocycles. The Morgan fingerprint density at radius 3 is 2.86 bits per heavy atom. The molecular formula is C12H17NO. The van der Waals surface area contributed by atoms with Crippen molar-refractivity contribution in [3.63, 3.8) is 0 Å². The molecule has 76 valence electrons. The summed E-state index contributed by atoms with van der Waals surface area (Å²) in [7, 11) is 0. The molecule has 0 saturated carbocycles. The van der Waals surface area contributed by atoms with Crippen molar-refractivity contribution in [2.45, 2.75) is 20.0 Å². The smallest absolute Gasteiger partial charge is 0.0984 e. The minimum Gasteiger partial charge on any atom is -0.371 e. The predicted molar refractivity (Wildman–Crippen MR) is 58.8 cm³/mol. The van der Waals surface area contributed by atoms with E-state index >= 15 is 0 Å². The van der Waals surface area contributed by atoms with Crippen molar-refractivity contribution in [2.75, 3.05) is 24.6 Å². The molecule has 0 aliphatic carbocycles. The SMILES string of the molecule is CCN(CC1CO1)c1cccc(C)c1. The van der Waals surface area contributed by atoms with E-state index in [1.165, 1.54) is 11.3 Å². The van der Waals surface area contributed by atoms with Gasteiger partial charge in [0.15, 0.2) is 0 Å². The third-order valence-electron chi connectivity index (χ3n) is 2.57. The number of anilines is 1. The molecule has 2 heteroatoms. The highest BCUT2D eigenvalue weighted by Gasteiger charge is 2.24. The van der Waals surface area contributed by atoms with Crippen LogP contribution in [-0.4, -0.2) is 25.8 Å². The largest absolute Gasteiger partial charge is 0.371 e. The van der Waals surface area contributed by atoms with Gasteiger partial charge in [-0.15, -0.1) is 0 Å². The number of likely N-dealkylation sites (N-methyl/N-ethyl adjacent to an activating group) is 1. The molecule has 1 aliphatic heterocycles. The van der Waals surface area contributed by atoms with Gasteiger partial charge in [-0.05, 0) is 31.5 Å². The second-order valence-electron chi connectivity index (χ2n) is 3.83. The topological polar surface area (TPSA) is 15.8 Å². The number of aryl methyl sites for hydroxylation is 1. The lowest BCUT2D eigenvalue weighted by Crippen LogP contribution is -2.27. The zero-order valence-corrected chi connectivity index (χ0v) is 8.86. The Labute approximate surface area is 85.5 Å². The second-order valence-corrected chi connectivity index (χ2v) is 3.83. The highest BCUT2D eigenvalue weighted by Crippen LogP contribution is 2.19. The van der Waals surface area contributed by atoms with Gasteiger partial charge in [0.25, 0.3) is 0 Å². The van der Waals surface area contributed by atoms with Crippen LogP contribution < -0.4 is 4.90 Å². The van der Waals surface area contributed by atoms with E-state index in [-0.39, 0.29) is 0 Å². The molecule has 1 fully saturated rings. The number of hydrogen-bond acceptors (Lipinski definition) is 2. The van der Waals surface area contributed by atoms with Gasteiger partial charge in [-0.2, -0.15) is 0 Å². The molecule has 1 aromatic rings. The van der Waals surface area contributed by atoms with E-state index in [4.69, 9.17) is 4.74 Å². The Morgan fingerprint density at radius 2 is 2.29 bits per heavy atom. The van der Waals surface area contributed by atoms with E-state index in [0.29, 0.717) is 6.10 Å². The summed E-state index contributed by atoms with van der Waals surface area (Å²) in [6, 6.07) is 8.64. The lowest BCUT2D eigenvalue weighted by molar-refractivity contribution is 0.408. The van der Waals surface area contributed by atoms with Crippen molar-refractivity contribution >= 4 is 5.69 Å². The van der Waals surface area contributed by atoms with Gasteiger partial charge in [-0.3, -0.25) is 0 Å². The molecule has 14 heavy (non-hydrogen) atoms. The summed E-state index contributed by atoms with van der Waals surface area (Å²) in [5.74, 6) is 0. The maximum atomic E-state index is 5.25. The van der Waals surface area contributed by atoms with Crippen LogP contribution >= 0.6 is 0 Å². The lowest BCUT2D eigenvalue weighted by atomic mass is 10.2. The number of nitrogens with zero attached hydrogens (tertiary/aromatic N) is 1. The lowest BCUT2D eigenvalue weighted by Gasteiger charge is -2.22. The molecular weight excluding hydrogens is 174 g/mol. The average molecular weight is 191 g/mol. The van der Waals surface area contributed by atoms with Crippen molar-refractivity contribution in [3.8, 4) is 0 Å². The summed E-state index contributed by atoms with van der Waals surface area (Å²) >= 11 is 0. The minimum absolute atomic E-state index is 0.468. The Balaban J connectivity index is 2.08. The quantitative estimate of drug-likeness (QED) is 0.678. The molecule has 1 atom stereocenters. The predicted octanol–water partition coefficient (Wildman–Crippen LogP) is 2.22. The summed E-state index contributed by atoms with van der Waals surface area (Å²) < 4.78 is 5.25. The first-order valence-electron chi connectivity index (χ1n) is 5.23. The Morgan fingerprint density at radius 1 is 1.50 bits per heavy atom. The van der Waals surface area contributed by atoms with Crippen LogP contribution in [0.2, 0.25) is 0 Å². The first-order valence-corrected chi connectivity index (χ1v) is 5.23. The van der Waals surface area contributed by atoms with Crippen LogP contribution in [0.5, 0.6) is 0 Å². The van der Waals surface area contributed by atoms with E-state index in [0.717, 1.165) is 19.7 Å². The molecule has 0 spiro atoms. The van der Waals surface area contributed by atoms with E-state index in [2.05, 4.69) is 43.0 Å². The van der Waals surface area contributed by atoms with Crippen LogP contribution in [0.3, 0.4) is 0 Å². The fraction of sp³-hybridized carbons (Fsp3) is 0.500. The van der Waals surface area contributed by atoms with E-state index in [9.17, 15) is 0 Å². The van der Waals surface area contributed by atoms with Gasteiger partial charge in [0, 0.05) is 18.8 Å². The summed E-state index contributed by atoms with van der Waals surface area (Å²) in [6.45, 7) is 7.32. The molecule has 1 aliphatic rings. The molecule has 0 N–H and O–H groups in total. The summed E-state index contributed by atoms with van der Waals surface area (Å²) in [5.41, 5.74) is 2.63. The standard InChI is InChI=1S/C12H17NO/c1-3-13(8-12-9-14-12)11-6-4-5-10(2)7-11/h4-7,12H,3,8-9H2,1-2H3. The van der Waals surface area contributed by atoms with Gasteiger partial charge in [-0.25, -0.2) is 0 Å². The molecule has 0 radical (unpaired) electrons. The highest BCUT2D eigenvalue weighted by atomic mass is 16.6. The minimum atomic E-state index is 0.468. The van der Waals surface area contributed by atoms with Gasteiger partial charge < -0.3 is 9.64 Å². The number of benzene rings is 1. The zero-order chi connectivity index (χ0) is 9.97. The van der Waals surface area contributed by atoms with Gasteiger partial charge in [-0.1, -0.05) is 12.1 Å². The number of ether oxygens (including phenoxy) is 1. The Kier molecular flexibility index (Phi) is 2.73. The average Bonchev–Trinajstić information content (AvgIpc) is 2.98. The van der Waals surface area contributed by atoms with Crippen LogP contribution in [-0.2, 0) is 4.74 Å². The first kappa shape index (κ1) is 9.53. The van der Waals surface area contributed by atoms with Crippen molar-refractivity contribution in [1.82, 2.24) is 0 Å². The van der Waals surface area contributed by atoms with Crippen molar-refractivity contribution in [3.05, 3.63) is 29.8 Å². The Hall–Kier alpha value is -1.02. The second kappa shape index (κ2) is 4.01. The van der Waals surface area contributed by atoms with Gasteiger partial charge in [0.1, 0.15) is 0 Å². The monoisotopic (exact) mass is 191 g/mol. The fourth-order valence-electron chi connectivity index (χ4n) is 1.66. The van der Waals surface area contributed by atoms with Crippen LogP contribution in [0.4, 0.5) is 5.69 Å². The molecule has 2 rings (SSSR count). The third-order valence-corrected chi connectivity index (χ3v) is 2.57. The van der Waals surface area contributed by atoms with Crippen molar-refractivity contribution in [2.24, 2.45) is 0 Å². The summed E-state index contributed by atoms with van der Waals surface area (Å²) in [4.78, 5) is 2.37. The maximum Gasteiger partial charge on any atom is 0.0984 e. The van der Waals surface area contributed by atoms with Crippen molar-refractivity contribution in [1.29, 1.82) is 0 Å². The maximum absolute atomic E-state index is 5.25. The van der Waals surface area contributed by atoms with Gasteiger partial charge in [0.05, 0.1) is 12.7 Å². The molecule has 0 bridgehead atoms. The molecule has 1 unspecified atom stereocenters. The summed E-state index contributed by atoms with van der Waals surface area (Å²) in [6.07, 6.45) is 0.468. The van der Waals surface area contributed by atoms with Gasteiger partial charge in [0.2, 0.25) is 0 Å². The van der Waals surface area contributed by atoms with E-state index < -0.39 is 0 Å². The molecule has 1 saturated heterocycles. The van der Waals surface area contributed by atoms with Crippen LogP contribution in [0.1, 0.15) is 12.5 Å². The molecule has 0 amide bonds. The fourth-order valence-corrected chi connectivity index (χ4v) is 1.66. The van der Waals surface area contributed by atoms with Crippen molar-refractivity contribution < 1.29 is 4.74 Å². The van der Waals surface area contributed by atoms with Crippen LogP contribution in [0.15, 0.2) is 24.3 Å². The number of hydrogen-bond donors (Lipinski definition) is 0. The molecule has 1 heterocycles. The summed E-state index contributed by atoms with van der Waals surface area (Å²) in [5, 5.41) is 0.